The van der Waals surface area contributed by atoms with Crippen molar-refractivity contribution in [1.29, 1.82) is 0 Å². The van der Waals surface area contributed by atoms with Gasteiger partial charge in [0.1, 0.15) is 0 Å². The van der Waals surface area contributed by atoms with Crippen molar-refractivity contribution in [2.75, 3.05) is 0 Å². The van der Waals surface area contributed by atoms with E-state index in [0.29, 0.717) is 23.1 Å². The first-order valence-corrected chi connectivity index (χ1v) is 11.1. The number of carbonyl (C=O) groups is 2. The Morgan fingerprint density at radius 1 is 0.964 bits per heavy atom. The van der Waals surface area contributed by atoms with Crippen LogP contribution < -0.4 is 9.09 Å². The van der Waals surface area contributed by atoms with Gasteiger partial charge in [-0.1, -0.05) is 0 Å². The Morgan fingerprint density at radius 2 is 1.68 bits per heavy atom. The predicted octanol–water partition coefficient (Wildman–Crippen LogP) is 3.63. The molecule has 0 aliphatic heterocycles. The third-order valence-corrected chi connectivity index (χ3v) is 7.12. The third-order valence-electron chi connectivity index (χ3n) is 4.31. The van der Waals surface area contributed by atoms with Gasteiger partial charge in [-0.15, -0.1) is 0 Å². The molecule has 0 bridgehead atoms. The monoisotopic (exact) mass is 436 g/mol. The van der Waals surface area contributed by atoms with Crippen LogP contribution in [0.3, 0.4) is 0 Å². The summed E-state index contributed by atoms with van der Waals surface area (Å²) in [5, 5.41) is 9.51. The van der Waals surface area contributed by atoms with E-state index in [2.05, 4.69) is 0 Å². The van der Waals surface area contributed by atoms with Gasteiger partial charge in [-0.2, -0.15) is 0 Å². The quantitative estimate of drug-likeness (QED) is 0.548. The molecular formula is C23H21AsO4. The molecule has 0 fully saturated rings. The summed E-state index contributed by atoms with van der Waals surface area (Å²) in [6.07, 6.45) is 0.438. The fourth-order valence-corrected chi connectivity index (χ4v) is 4.85. The summed E-state index contributed by atoms with van der Waals surface area (Å²) in [5.41, 5.74) is 3.37. The van der Waals surface area contributed by atoms with Crippen molar-refractivity contribution in [3.05, 3.63) is 83.9 Å². The summed E-state index contributed by atoms with van der Waals surface area (Å²) in [4.78, 5) is 23.4. The van der Waals surface area contributed by atoms with Crippen LogP contribution in [0.2, 0.25) is 0 Å². The van der Waals surface area contributed by atoms with Gasteiger partial charge < -0.3 is 0 Å². The van der Waals surface area contributed by atoms with E-state index < -0.39 is 21.7 Å². The van der Waals surface area contributed by atoms with Gasteiger partial charge in [0.2, 0.25) is 0 Å². The second kappa shape index (κ2) is 9.38. The molecule has 0 heterocycles. The SMILES string of the molecule is CCC(=O)[AsH]c1ccc(OCc2ccccc2-c2ccccc2)cc1C(=O)O. The van der Waals surface area contributed by atoms with Crippen LogP contribution in [0.1, 0.15) is 29.3 Å². The maximum absolute atomic E-state index is 11.8. The topological polar surface area (TPSA) is 63.6 Å². The first kappa shape index (κ1) is 19.9. The first-order valence-electron chi connectivity index (χ1n) is 9.01. The number of carboxylic acid groups (broad SMARTS) is 1. The van der Waals surface area contributed by atoms with Crippen LogP contribution in [-0.2, 0) is 11.4 Å². The van der Waals surface area contributed by atoms with E-state index in [-0.39, 0.29) is 10.1 Å². The molecule has 1 N–H and O–H groups in total. The van der Waals surface area contributed by atoms with E-state index in [9.17, 15) is 14.7 Å². The fourth-order valence-electron chi connectivity index (χ4n) is 2.84. The molecule has 0 saturated heterocycles. The number of hydrogen-bond acceptors (Lipinski definition) is 3. The first-order chi connectivity index (χ1) is 13.6. The van der Waals surface area contributed by atoms with Crippen molar-refractivity contribution >= 4 is 30.6 Å². The van der Waals surface area contributed by atoms with Crippen molar-refractivity contribution in [3.63, 3.8) is 0 Å². The van der Waals surface area contributed by atoms with Crippen molar-refractivity contribution in [1.82, 2.24) is 0 Å². The molecule has 1 unspecified atom stereocenters. The summed E-state index contributed by atoms with van der Waals surface area (Å²) >= 11 is -1.12. The van der Waals surface area contributed by atoms with Crippen LogP contribution in [0, 0.1) is 0 Å². The van der Waals surface area contributed by atoms with Gasteiger partial charge in [0.05, 0.1) is 0 Å². The van der Waals surface area contributed by atoms with Crippen LogP contribution in [0.5, 0.6) is 5.75 Å². The molecule has 28 heavy (non-hydrogen) atoms. The minimum atomic E-state index is -1.12. The number of ether oxygens (including phenoxy) is 1. The summed E-state index contributed by atoms with van der Waals surface area (Å²) < 4.78 is 6.66. The Morgan fingerprint density at radius 3 is 2.39 bits per heavy atom. The second-order valence-corrected chi connectivity index (χ2v) is 9.05. The second-order valence-electron chi connectivity index (χ2n) is 6.23. The van der Waals surface area contributed by atoms with Gasteiger partial charge in [0.25, 0.3) is 0 Å². The van der Waals surface area contributed by atoms with Crippen molar-refractivity contribution in [2.45, 2.75) is 20.0 Å². The van der Waals surface area contributed by atoms with Gasteiger partial charge >= 0.3 is 171 Å². The zero-order chi connectivity index (χ0) is 19.9. The average molecular weight is 436 g/mol. The summed E-state index contributed by atoms with van der Waals surface area (Å²) in [6.45, 7) is 2.13. The van der Waals surface area contributed by atoms with Crippen LogP contribution in [-0.4, -0.2) is 31.4 Å². The molecule has 142 valence electrons. The normalized spacial score (nSPS) is 10.9. The van der Waals surface area contributed by atoms with E-state index in [1.807, 2.05) is 54.6 Å². The van der Waals surface area contributed by atoms with Gasteiger partial charge in [0, 0.05) is 0 Å². The van der Waals surface area contributed by atoms with Crippen LogP contribution in [0.4, 0.5) is 0 Å². The molecule has 5 heteroatoms. The molecule has 0 amide bonds. The zero-order valence-corrected chi connectivity index (χ0v) is 17.6. The van der Waals surface area contributed by atoms with Crippen molar-refractivity contribution < 1.29 is 19.4 Å². The number of rotatable bonds is 8. The van der Waals surface area contributed by atoms with E-state index >= 15 is 0 Å². The minimum absolute atomic E-state index is 0.132. The number of hydrogen-bond donors (Lipinski definition) is 1. The van der Waals surface area contributed by atoms with Crippen molar-refractivity contribution in [3.8, 4) is 16.9 Å². The molecule has 0 saturated carbocycles. The molecular weight excluding hydrogens is 415 g/mol. The molecule has 0 radical (unpaired) electrons. The van der Waals surface area contributed by atoms with Gasteiger partial charge in [-0.3, -0.25) is 0 Å². The molecule has 3 rings (SSSR count). The fraction of sp³-hybridized carbons (Fsp3) is 0.130. The van der Waals surface area contributed by atoms with Crippen molar-refractivity contribution in [2.24, 2.45) is 0 Å². The zero-order valence-electron chi connectivity index (χ0n) is 15.5. The number of carbonyl (C=O) groups excluding carboxylic acids is 1. The van der Waals surface area contributed by atoms with Crippen LogP contribution in [0.25, 0.3) is 11.1 Å². The van der Waals surface area contributed by atoms with E-state index in [4.69, 9.17) is 4.74 Å². The van der Waals surface area contributed by atoms with E-state index in [1.165, 1.54) is 6.07 Å². The summed E-state index contributed by atoms with van der Waals surface area (Å²) in [5.74, 6) is -0.544. The molecule has 0 spiro atoms. The predicted molar refractivity (Wildman–Crippen MR) is 112 cm³/mol. The maximum atomic E-state index is 11.8. The molecule has 0 aliphatic carbocycles. The number of benzene rings is 3. The average Bonchev–Trinajstić information content (AvgIpc) is 2.73. The summed E-state index contributed by atoms with van der Waals surface area (Å²) in [6, 6.07) is 23.0. The number of aromatic carboxylic acids is 1. The molecule has 3 aromatic carbocycles. The van der Waals surface area contributed by atoms with Gasteiger partial charge in [-0.25, -0.2) is 0 Å². The Hall–Kier alpha value is -2.84. The van der Waals surface area contributed by atoms with E-state index in [0.717, 1.165) is 16.7 Å². The van der Waals surface area contributed by atoms with Crippen LogP contribution in [0.15, 0.2) is 72.8 Å². The Bertz CT molecular complexity index is 983. The third kappa shape index (κ3) is 4.90. The Kier molecular flexibility index (Phi) is 6.67. The van der Waals surface area contributed by atoms with E-state index in [1.54, 1.807) is 19.1 Å². The molecule has 0 aliphatic rings. The standard InChI is InChI=1S/C23H21AsO4/c1-2-22(25)24-21-13-12-18(14-20(21)23(26)27)28-15-17-10-6-7-11-19(17)16-8-4-3-5-9-16/h3-14,24H,2,15H2,1H3,(H,26,27). The Balaban J connectivity index is 1.81. The van der Waals surface area contributed by atoms with Gasteiger partial charge in [0.15, 0.2) is 0 Å². The molecule has 0 aromatic heterocycles. The van der Waals surface area contributed by atoms with Gasteiger partial charge in [-0.05, 0) is 0 Å². The molecule has 1 atom stereocenters. The number of carboxylic acids is 1. The molecule has 4 nitrogen and oxygen atoms in total. The Labute approximate surface area is 170 Å². The molecule has 3 aromatic rings. The van der Waals surface area contributed by atoms with Crippen LogP contribution >= 0.6 is 0 Å². The summed E-state index contributed by atoms with van der Waals surface area (Å²) in [7, 11) is 0.